The summed E-state index contributed by atoms with van der Waals surface area (Å²) in [5.41, 5.74) is 0.335. The monoisotopic (exact) mass is 320 g/mol. The molecule has 8 nitrogen and oxygen atoms in total. The highest BCUT2D eigenvalue weighted by atomic mass is 16.2. The highest BCUT2D eigenvalue weighted by Gasteiger charge is 2.20. The van der Waals surface area contributed by atoms with Gasteiger partial charge < -0.3 is 15.5 Å². The second-order valence-electron chi connectivity index (χ2n) is 6.28. The van der Waals surface area contributed by atoms with Crippen molar-refractivity contribution in [3.63, 3.8) is 0 Å². The van der Waals surface area contributed by atoms with E-state index in [-0.39, 0.29) is 11.8 Å². The number of carbonyl (C=O) groups excluding carboxylic acids is 2. The summed E-state index contributed by atoms with van der Waals surface area (Å²) >= 11 is 0. The van der Waals surface area contributed by atoms with Gasteiger partial charge in [-0.05, 0) is 38.3 Å². The molecule has 0 bridgehead atoms. The normalized spacial score (nSPS) is 21.7. The van der Waals surface area contributed by atoms with E-state index >= 15 is 0 Å². The third-order valence-electron chi connectivity index (χ3n) is 4.45. The van der Waals surface area contributed by atoms with Crippen LogP contribution in [-0.4, -0.2) is 64.4 Å². The second kappa shape index (κ2) is 7.54. The van der Waals surface area contributed by atoms with Crippen molar-refractivity contribution in [1.82, 2.24) is 30.5 Å². The minimum atomic E-state index is -0.232. The molecule has 0 unspecified atom stereocenters. The van der Waals surface area contributed by atoms with E-state index in [2.05, 4.69) is 20.9 Å². The minimum Gasteiger partial charge on any atom is -0.349 e. The van der Waals surface area contributed by atoms with Crippen molar-refractivity contribution in [3.8, 4) is 0 Å². The van der Waals surface area contributed by atoms with Crippen LogP contribution in [0.4, 0.5) is 0 Å². The van der Waals surface area contributed by atoms with Crippen LogP contribution in [0, 0.1) is 5.92 Å². The van der Waals surface area contributed by atoms with Gasteiger partial charge in [-0.1, -0.05) is 5.21 Å². The van der Waals surface area contributed by atoms with Crippen molar-refractivity contribution in [2.75, 3.05) is 32.7 Å². The molecule has 2 N–H and O–H groups in total. The Kier molecular flexibility index (Phi) is 5.22. The molecule has 2 fully saturated rings. The summed E-state index contributed by atoms with van der Waals surface area (Å²) in [5, 5.41) is 14.2. The first-order valence-corrected chi connectivity index (χ1v) is 8.39. The number of rotatable bonds is 6. The van der Waals surface area contributed by atoms with E-state index in [1.807, 2.05) is 0 Å². The van der Waals surface area contributed by atoms with Crippen molar-refractivity contribution < 1.29 is 9.59 Å². The van der Waals surface area contributed by atoms with Crippen molar-refractivity contribution in [2.24, 2.45) is 5.92 Å². The fourth-order valence-corrected chi connectivity index (χ4v) is 3.17. The third kappa shape index (κ3) is 4.28. The molecule has 3 heterocycles. The molecule has 126 valence electrons. The zero-order chi connectivity index (χ0) is 16.1. The maximum atomic E-state index is 12.1. The summed E-state index contributed by atoms with van der Waals surface area (Å²) in [6, 6.07) is 0. The number of nitrogens with one attached hydrogen (secondary N) is 2. The SMILES string of the molecule is O=C(NCCN1CCCC1=O)c1cn(C[C@@H]2CCCNC2)nn1. The predicted octanol–water partition coefficient (Wildman–Crippen LogP) is -0.370. The van der Waals surface area contributed by atoms with Gasteiger partial charge >= 0.3 is 0 Å². The fourth-order valence-electron chi connectivity index (χ4n) is 3.17. The molecule has 3 rings (SSSR count). The lowest BCUT2D eigenvalue weighted by molar-refractivity contribution is -0.127. The lowest BCUT2D eigenvalue weighted by Crippen LogP contribution is -2.35. The van der Waals surface area contributed by atoms with E-state index in [4.69, 9.17) is 0 Å². The van der Waals surface area contributed by atoms with Crippen molar-refractivity contribution in [1.29, 1.82) is 0 Å². The Labute approximate surface area is 135 Å². The Bertz CT molecular complexity index is 552. The quantitative estimate of drug-likeness (QED) is 0.746. The number of likely N-dealkylation sites (tertiary alicyclic amines) is 1. The maximum absolute atomic E-state index is 12.1. The first-order valence-electron chi connectivity index (χ1n) is 8.39. The Balaban J connectivity index is 1.43. The van der Waals surface area contributed by atoms with E-state index < -0.39 is 0 Å². The smallest absolute Gasteiger partial charge is 0.273 e. The molecule has 0 spiro atoms. The highest BCUT2D eigenvalue weighted by Crippen LogP contribution is 2.12. The van der Waals surface area contributed by atoms with Gasteiger partial charge in [-0.3, -0.25) is 14.3 Å². The van der Waals surface area contributed by atoms with Crippen LogP contribution in [-0.2, 0) is 11.3 Å². The molecule has 2 amide bonds. The van der Waals surface area contributed by atoms with E-state index in [0.717, 1.165) is 32.6 Å². The van der Waals surface area contributed by atoms with Gasteiger partial charge in [0.05, 0.1) is 6.20 Å². The van der Waals surface area contributed by atoms with Crippen LogP contribution >= 0.6 is 0 Å². The van der Waals surface area contributed by atoms with Gasteiger partial charge in [-0.15, -0.1) is 5.10 Å². The first kappa shape index (κ1) is 15.9. The summed E-state index contributed by atoms with van der Waals surface area (Å²) in [6.45, 7) is 4.67. The summed E-state index contributed by atoms with van der Waals surface area (Å²) in [6.07, 6.45) is 5.60. The Morgan fingerprint density at radius 2 is 2.35 bits per heavy atom. The molecule has 2 aliphatic rings. The summed E-state index contributed by atoms with van der Waals surface area (Å²) in [4.78, 5) is 25.3. The molecule has 0 aliphatic carbocycles. The van der Waals surface area contributed by atoms with Crippen LogP contribution < -0.4 is 10.6 Å². The third-order valence-corrected chi connectivity index (χ3v) is 4.45. The van der Waals surface area contributed by atoms with Crippen LogP contribution in [0.2, 0.25) is 0 Å². The summed E-state index contributed by atoms with van der Waals surface area (Å²) in [7, 11) is 0. The maximum Gasteiger partial charge on any atom is 0.273 e. The molecule has 2 aliphatic heterocycles. The van der Waals surface area contributed by atoms with Gasteiger partial charge in [0.25, 0.3) is 5.91 Å². The lowest BCUT2D eigenvalue weighted by Gasteiger charge is -2.22. The Hall–Kier alpha value is -1.96. The number of aromatic nitrogens is 3. The molecule has 1 aromatic heterocycles. The van der Waals surface area contributed by atoms with Crippen LogP contribution in [0.3, 0.4) is 0 Å². The van der Waals surface area contributed by atoms with Crippen LogP contribution in [0.5, 0.6) is 0 Å². The number of piperidine rings is 1. The van der Waals surface area contributed by atoms with Gasteiger partial charge in [0.2, 0.25) is 5.91 Å². The molecule has 8 heteroatoms. The zero-order valence-corrected chi connectivity index (χ0v) is 13.3. The van der Waals surface area contributed by atoms with Crippen LogP contribution in [0.25, 0.3) is 0 Å². The molecule has 0 aromatic carbocycles. The number of hydrogen-bond donors (Lipinski definition) is 2. The van der Waals surface area contributed by atoms with Gasteiger partial charge in [0.1, 0.15) is 0 Å². The largest absolute Gasteiger partial charge is 0.349 e. The van der Waals surface area contributed by atoms with Gasteiger partial charge in [0, 0.05) is 32.6 Å². The number of hydrogen-bond acceptors (Lipinski definition) is 5. The van der Waals surface area contributed by atoms with Gasteiger partial charge in [0.15, 0.2) is 5.69 Å². The van der Waals surface area contributed by atoms with Gasteiger partial charge in [-0.2, -0.15) is 0 Å². The molecular weight excluding hydrogens is 296 g/mol. The predicted molar refractivity (Wildman–Crippen MR) is 83.8 cm³/mol. The minimum absolute atomic E-state index is 0.172. The van der Waals surface area contributed by atoms with Crippen molar-refractivity contribution in [3.05, 3.63) is 11.9 Å². The molecule has 1 aromatic rings. The van der Waals surface area contributed by atoms with E-state index in [9.17, 15) is 9.59 Å². The highest BCUT2D eigenvalue weighted by molar-refractivity contribution is 5.91. The summed E-state index contributed by atoms with van der Waals surface area (Å²) in [5.74, 6) is 0.485. The second-order valence-corrected chi connectivity index (χ2v) is 6.28. The standard InChI is InChI=1S/C15H24N6O2/c22-14-4-2-7-20(14)8-6-17-15(23)13-11-21(19-18-13)10-12-3-1-5-16-9-12/h11-12,16H,1-10H2,(H,17,23)/t12-/m1/s1. The molecule has 1 atom stereocenters. The van der Waals surface area contributed by atoms with E-state index in [1.54, 1.807) is 15.8 Å². The topological polar surface area (TPSA) is 92.2 Å². The lowest BCUT2D eigenvalue weighted by atomic mass is 10.00. The molecule has 0 saturated carbocycles. The van der Waals surface area contributed by atoms with Gasteiger partial charge in [-0.25, -0.2) is 0 Å². The molecule has 23 heavy (non-hydrogen) atoms. The number of nitrogens with zero attached hydrogens (tertiary/aromatic N) is 4. The average molecular weight is 320 g/mol. The van der Waals surface area contributed by atoms with Crippen LogP contribution in [0.1, 0.15) is 36.2 Å². The fraction of sp³-hybridized carbons (Fsp3) is 0.733. The van der Waals surface area contributed by atoms with E-state index in [0.29, 0.717) is 31.1 Å². The summed E-state index contributed by atoms with van der Waals surface area (Å²) < 4.78 is 1.75. The average Bonchev–Trinajstić information content (AvgIpc) is 3.18. The van der Waals surface area contributed by atoms with E-state index in [1.165, 1.54) is 12.8 Å². The molecule has 2 saturated heterocycles. The van der Waals surface area contributed by atoms with Crippen LogP contribution in [0.15, 0.2) is 6.20 Å². The Morgan fingerprint density at radius 1 is 1.43 bits per heavy atom. The number of amides is 2. The van der Waals surface area contributed by atoms with Crippen molar-refractivity contribution >= 4 is 11.8 Å². The molecule has 0 radical (unpaired) electrons. The first-order chi connectivity index (χ1) is 11.2. The molecular formula is C15H24N6O2. The number of carbonyl (C=O) groups is 2. The zero-order valence-electron chi connectivity index (χ0n) is 13.3. The van der Waals surface area contributed by atoms with Crippen molar-refractivity contribution in [2.45, 2.75) is 32.2 Å². The Morgan fingerprint density at radius 3 is 3.09 bits per heavy atom.